The van der Waals surface area contributed by atoms with E-state index in [-0.39, 0.29) is 24.8 Å². The van der Waals surface area contributed by atoms with Crippen LogP contribution in [0.2, 0.25) is 0 Å². The van der Waals surface area contributed by atoms with Gasteiger partial charge in [0.2, 0.25) is 0 Å². The van der Waals surface area contributed by atoms with Crippen molar-refractivity contribution < 1.29 is 4.42 Å². The van der Waals surface area contributed by atoms with Crippen LogP contribution < -0.4 is 5.32 Å². The Labute approximate surface area is 107 Å². The van der Waals surface area contributed by atoms with Crippen molar-refractivity contribution in [2.24, 2.45) is 0 Å². The largest absolute Gasteiger partial charge is 0.468 e. The first-order valence-corrected chi connectivity index (χ1v) is 4.57. The standard InChI is InChI=1S/C11H12N2O.2ClH/c1-3-10(7-12-5-1)8-13-9-11-4-2-6-14-11;;/h1-7,13H,8-9H2;2*1H. The van der Waals surface area contributed by atoms with E-state index in [1.807, 2.05) is 30.5 Å². The maximum absolute atomic E-state index is 5.19. The molecule has 5 heteroatoms. The van der Waals surface area contributed by atoms with Gasteiger partial charge in [0.15, 0.2) is 0 Å². The molecule has 0 aliphatic rings. The van der Waals surface area contributed by atoms with Crippen molar-refractivity contribution in [3.63, 3.8) is 0 Å². The summed E-state index contributed by atoms with van der Waals surface area (Å²) in [6.07, 6.45) is 5.31. The quantitative estimate of drug-likeness (QED) is 0.919. The number of furan rings is 1. The molecule has 2 heterocycles. The lowest BCUT2D eigenvalue weighted by molar-refractivity contribution is 0.483. The predicted molar refractivity (Wildman–Crippen MR) is 68.0 cm³/mol. The molecule has 2 rings (SSSR count). The zero-order valence-electron chi connectivity index (χ0n) is 8.63. The molecule has 3 nitrogen and oxygen atoms in total. The number of hydrogen-bond acceptors (Lipinski definition) is 3. The summed E-state index contributed by atoms with van der Waals surface area (Å²) in [5.74, 6) is 0.953. The topological polar surface area (TPSA) is 38.1 Å². The zero-order valence-corrected chi connectivity index (χ0v) is 10.3. The highest BCUT2D eigenvalue weighted by Crippen LogP contribution is 2.00. The number of halogens is 2. The van der Waals surface area contributed by atoms with E-state index >= 15 is 0 Å². The zero-order chi connectivity index (χ0) is 9.64. The third-order valence-corrected chi connectivity index (χ3v) is 1.93. The first kappa shape index (κ1) is 15.0. The molecule has 1 N–H and O–H groups in total. The highest BCUT2D eigenvalue weighted by Gasteiger charge is 1.95. The summed E-state index contributed by atoms with van der Waals surface area (Å²) in [6, 6.07) is 7.82. The van der Waals surface area contributed by atoms with Crippen LogP contribution in [0.1, 0.15) is 11.3 Å². The molecule has 2 aromatic rings. The van der Waals surface area contributed by atoms with Gasteiger partial charge in [-0.1, -0.05) is 6.07 Å². The fourth-order valence-electron chi connectivity index (χ4n) is 1.25. The molecule has 0 aromatic carbocycles. The Balaban J connectivity index is 0.00000112. The van der Waals surface area contributed by atoms with E-state index in [9.17, 15) is 0 Å². The normalized spacial score (nSPS) is 9.00. The van der Waals surface area contributed by atoms with Crippen molar-refractivity contribution in [1.29, 1.82) is 0 Å². The van der Waals surface area contributed by atoms with Crippen LogP contribution in [0.4, 0.5) is 0 Å². The summed E-state index contributed by atoms with van der Waals surface area (Å²) in [5, 5.41) is 3.27. The van der Waals surface area contributed by atoms with Crippen LogP contribution in [0, 0.1) is 0 Å². The van der Waals surface area contributed by atoms with Gasteiger partial charge in [-0.15, -0.1) is 24.8 Å². The maximum atomic E-state index is 5.19. The van der Waals surface area contributed by atoms with E-state index in [1.165, 1.54) is 5.56 Å². The number of nitrogens with zero attached hydrogens (tertiary/aromatic N) is 1. The molecule has 0 unspecified atom stereocenters. The smallest absolute Gasteiger partial charge is 0.117 e. The minimum absolute atomic E-state index is 0. The van der Waals surface area contributed by atoms with Crippen LogP contribution in [0.25, 0.3) is 0 Å². The van der Waals surface area contributed by atoms with Crippen LogP contribution in [-0.4, -0.2) is 4.98 Å². The van der Waals surface area contributed by atoms with Crippen LogP contribution in [0.15, 0.2) is 47.3 Å². The van der Waals surface area contributed by atoms with Crippen LogP contribution in [-0.2, 0) is 13.1 Å². The highest BCUT2D eigenvalue weighted by molar-refractivity contribution is 5.85. The average Bonchev–Trinajstić information content (AvgIpc) is 2.72. The molecule has 0 saturated carbocycles. The van der Waals surface area contributed by atoms with Crippen molar-refractivity contribution >= 4 is 24.8 Å². The number of pyridine rings is 1. The number of nitrogens with one attached hydrogen (secondary N) is 1. The molecule has 88 valence electrons. The molecular formula is C11H14Cl2N2O. The number of aromatic nitrogens is 1. The molecule has 16 heavy (non-hydrogen) atoms. The van der Waals surface area contributed by atoms with Crippen molar-refractivity contribution in [1.82, 2.24) is 10.3 Å². The third-order valence-electron chi connectivity index (χ3n) is 1.93. The van der Waals surface area contributed by atoms with Crippen LogP contribution in [0.5, 0.6) is 0 Å². The molecule has 0 bridgehead atoms. The fraction of sp³-hybridized carbons (Fsp3) is 0.182. The van der Waals surface area contributed by atoms with Gasteiger partial charge in [0.25, 0.3) is 0 Å². The molecule has 0 radical (unpaired) electrons. The maximum Gasteiger partial charge on any atom is 0.117 e. The van der Waals surface area contributed by atoms with Gasteiger partial charge in [-0.2, -0.15) is 0 Å². The van der Waals surface area contributed by atoms with Gasteiger partial charge in [0, 0.05) is 18.9 Å². The van der Waals surface area contributed by atoms with Gasteiger partial charge in [-0.05, 0) is 23.8 Å². The van der Waals surface area contributed by atoms with Gasteiger partial charge < -0.3 is 9.73 Å². The molecule has 0 atom stereocenters. The first-order chi connectivity index (χ1) is 6.95. The minimum Gasteiger partial charge on any atom is -0.468 e. The molecule has 0 saturated heterocycles. The molecule has 0 fully saturated rings. The van der Waals surface area contributed by atoms with Crippen molar-refractivity contribution in [3.8, 4) is 0 Å². The summed E-state index contributed by atoms with van der Waals surface area (Å²) < 4.78 is 5.19. The SMILES string of the molecule is Cl.Cl.c1cncc(CNCc2ccco2)c1. The Morgan fingerprint density at radius 3 is 2.62 bits per heavy atom. The summed E-state index contributed by atoms with van der Waals surface area (Å²) in [7, 11) is 0. The number of hydrogen-bond donors (Lipinski definition) is 1. The first-order valence-electron chi connectivity index (χ1n) is 4.57. The average molecular weight is 261 g/mol. The van der Waals surface area contributed by atoms with Crippen LogP contribution in [0.3, 0.4) is 0 Å². The van der Waals surface area contributed by atoms with Gasteiger partial charge in [0.1, 0.15) is 5.76 Å². The second kappa shape index (κ2) is 8.16. The van der Waals surface area contributed by atoms with E-state index in [0.717, 1.165) is 18.8 Å². The predicted octanol–water partition coefficient (Wildman–Crippen LogP) is 2.81. The Bertz CT molecular complexity index is 365. The Morgan fingerprint density at radius 2 is 2.00 bits per heavy atom. The Morgan fingerprint density at radius 1 is 1.12 bits per heavy atom. The van der Waals surface area contributed by atoms with E-state index in [0.29, 0.717) is 0 Å². The highest BCUT2D eigenvalue weighted by atomic mass is 35.5. The lowest BCUT2D eigenvalue weighted by Gasteiger charge is -2.01. The van der Waals surface area contributed by atoms with E-state index < -0.39 is 0 Å². The summed E-state index contributed by atoms with van der Waals surface area (Å²) in [6.45, 7) is 1.57. The Kier molecular flexibility index (Phi) is 7.64. The fourth-order valence-corrected chi connectivity index (χ4v) is 1.25. The van der Waals surface area contributed by atoms with Crippen molar-refractivity contribution in [2.75, 3.05) is 0 Å². The summed E-state index contributed by atoms with van der Waals surface area (Å²) in [4.78, 5) is 4.04. The van der Waals surface area contributed by atoms with Gasteiger partial charge in [-0.3, -0.25) is 4.98 Å². The lowest BCUT2D eigenvalue weighted by Crippen LogP contribution is -2.12. The van der Waals surface area contributed by atoms with E-state index in [2.05, 4.69) is 10.3 Å². The van der Waals surface area contributed by atoms with E-state index in [4.69, 9.17) is 4.42 Å². The van der Waals surface area contributed by atoms with Gasteiger partial charge in [-0.25, -0.2) is 0 Å². The third kappa shape index (κ3) is 4.66. The molecular weight excluding hydrogens is 247 g/mol. The second-order valence-corrected chi connectivity index (χ2v) is 3.04. The lowest BCUT2D eigenvalue weighted by atomic mass is 10.3. The monoisotopic (exact) mass is 260 g/mol. The van der Waals surface area contributed by atoms with Gasteiger partial charge >= 0.3 is 0 Å². The van der Waals surface area contributed by atoms with E-state index in [1.54, 1.807) is 12.5 Å². The molecule has 0 aliphatic carbocycles. The molecule has 0 spiro atoms. The summed E-state index contributed by atoms with van der Waals surface area (Å²) >= 11 is 0. The van der Waals surface area contributed by atoms with Gasteiger partial charge in [0.05, 0.1) is 12.8 Å². The van der Waals surface area contributed by atoms with Crippen molar-refractivity contribution in [3.05, 3.63) is 54.2 Å². The minimum atomic E-state index is 0. The number of rotatable bonds is 4. The van der Waals surface area contributed by atoms with Crippen LogP contribution >= 0.6 is 24.8 Å². The molecule has 2 aromatic heterocycles. The van der Waals surface area contributed by atoms with Crippen molar-refractivity contribution in [2.45, 2.75) is 13.1 Å². The summed E-state index contributed by atoms with van der Waals surface area (Å²) in [5.41, 5.74) is 1.18. The second-order valence-electron chi connectivity index (χ2n) is 3.04. The molecule has 0 aliphatic heterocycles. The Hall–Kier alpha value is -1.03. The molecule has 0 amide bonds.